The summed E-state index contributed by atoms with van der Waals surface area (Å²) in [5.74, 6) is 0. The van der Waals surface area contributed by atoms with Crippen LogP contribution in [0.2, 0.25) is 0 Å². The normalized spacial score (nSPS) is 14.3. The molecular weight excluding hydrogens is 648 g/mol. The summed E-state index contributed by atoms with van der Waals surface area (Å²) in [6, 6.07) is -2.86. The summed E-state index contributed by atoms with van der Waals surface area (Å²) in [5.41, 5.74) is -8.47. The Bertz CT molecular complexity index is 1820. The van der Waals surface area contributed by atoms with E-state index in [1.54, 1.807) is 0 Å². The Morgan fingerprint density at radius 3 is 1.19 bits per heavy atom. The van der Waals surface area contributed by atoms with Gasteiger partial charge in [0.1, 0.15) is 5.60 Å². The van der Waals surface area contributed by atoms with Crippen molar-refractivity contribution in [2.24, 2.45) is 0 Å². The largest absolute Gasteiger partial charge is 0.396 e. The van der Waals surface area contributed by atoms with Crippen molar-refractivity contribution in [3.63, 3.8) is 0 Å². The highest BCUT2D eigenvalue weighted by atomic mass is 16.5. The number of aromatic amines is 8. The molecule has 0 bridgehead atoms. The molecule has 10 N–H and O–H groups in total. The second kappa shape index (κ2) is 16.1. The van der Waals surface area contributed by atoms with Gasteiger partial charge in [0.25, 0.3) is 0 Å². The molecule has 0 saturated carbocycles. The smallest absolute Gasteiger partial charge is 0.344 e. The lowest BCUT2D eigenvalue weighted by Crippen LogP contribution is -2.55. The molecule has 4 heterocycles. The molecular formula is C24H38N12O12. The van der Waals surface area contributed by atoms with E-state index in [2.05, 4.69) is 40.8 Å². The Morgan fingerprint density at radius 2 is 0.854 bits per heavy atom. The summed E-state index contributed by atoms with van der Waals surface area (Å²) in [6.07, 6.45) is -0.327. The Labute approximate surface area is 265 Å². The fourth-order valence-corrected chi connectivity index (χ4v) is 5.65. The molecule has 0 aliphatic heterocycles. The maximum Gasteiger partial charge on any atom is 0.344 e. The van der Waals surface area contributed by atoms with Crippen molar-refractivity contribution in [2.75, 3.05) is 33.0 Å². The molecule has 24 heteroatoms. The van der Waals surface area contributed by atoms with Crippen molar-refractivity contribution in [1.29, 1.82) is 0 Å². The molecule has 0 amide bonds. The molecule has 48 heavy (non-hydrogen) atoms. The van der Waals surface area contributed by atoms with E-state index in [4.69, 9.17) is 9.47 Å². The summed E-state index contributed by atoms with van der Waals surface area (Å²) in [7, 11) is 0. The average molecular weight is 687 g/mol. The molecule has 24 nitrogen and oxygen atoms in total. The number of aliphatic hydroxyl groups is 2. The third-order valence-corrected chi connectivity index (χ3v) is 7.89. The van der Waals surface area contributed by atoms with Crippen LogP contribution >= 0.6 is 0 Å². The molecule has 4 aromatic rings. The quantitative estimate of drug-likeness (QED) is 0.0367. The topological polar surface area (TPSA) is 342 Å². The first kappa shape index (κ1) is 35.7. The highest BCUT2D eigenvalue weighted by Crippen LogP contribution is 2.39. The number of aliphatic hydroxyl groups excluding tert-OH is 1. The monoisotopic (exact) mass is 686 g/mol. The zero-order valence-corrected chi connectivity index (χ0v) is 25.6. The van der Waals surface area contributed by atoms with Gasteiger partial charge in [-0.1, -0.05) is 0 Å². The summed E-state index contributed by atoms with van der Waals surface area (Å²) in [6.45, 7) is -0.642. The van der Waals surface area contributed by atoms with Crippen LogP contribution in [0.25, 0.3) is 0 Å². The van der Waals surface area contributed by atoms with Crippen molar-refractivity contribution in [2.45, 2.75) is 69.3 Å². The van der Waals surface area contributed by atoms with Gasteiger partial charge >= 0.3 is 45.5 Å². The standard InChI is InChI=1S/C24H38N12O12/c37-9-1-6-24(46,14(35-20(42)29-30-21(35)43)4-12-47-10-2-7-33-16(38)25-26-17(33)39)15(36-22(44)31-32-23(36)45)5-13-48-11-3-8-34-18(40)27-28-19(34)41/h14-15,37,46H,1-13H2,(H,25,38)(H,26,39)(H,27,40)(H,28,41)(H,29,42)(H,30,43)(H,31,44)(H,32,45). The fourth-order valence-electron chi connectivity index (χ4n) is 5.65. The molecule has 4 aromatic heterocycles. The van der Waals surface area contributed by atoms with Gasteiger partial charge in [-0.2, -0.15) is 0 Å². The number of aromatic nitrogens is 12. The molecule has 4 rings (SSSR count). The van der Waals surface area contributed by atoms with Gasteiger partial charge in [0, 0.05) is 46.1 Å². The van der Waals surface area contributed by atoms with Crippen LogP contribution in [0, 0.1) is 0 Å². The highest BCUT2D eigenvalue weighted by Gasteiger charge is 2.47. The molecule has 0 radical (unpaired) electrons. The van der Waals surface area contributed by atoms with E-state index in [1.807, 2.05) is 0 Å². The molecule has 266 valence electrons. The number of rotatable bonds is 21. The molecule has 0 fully saturated rings. The molecule has 2 unspecified atom stereocenters. The number of H-pyrrole nitrogens is 8. The second-order valence-corrected chi connectivity index (χ2v) is 10.8. The van der Waals surface area contributed by atoms with Gasteiger partial charge in [-0.05, 0) is 38.5 Å². The Balaban J connectivity index is 1.56. The van der Waals surface area contributed by atoms with Gasteiger partial charge in [-0.25, -0.2) is 97.4 Å². The summed E-state index contributed by atoms with van der Waals surface area (Å²) < 4.78 is 14.6. The number of nitrogens with zero attached hydrogens (tertiary/aromatic N) is 4. The van der Waals surface area contributed by atoms with Crippen LogP contribution in [0.4, 0.5) is 0 Å². The first-order chi connectivity index (χ1) is 23.0. The number of hydrogen-bond donors (Lipinski definition) is 10. The molecule has 0 spiro atoms. The Kier molecular flexibility index (Phi) is 11.9. The van der Waals surface area contributed by atoms with Crippen molar-refractivity contribution in [1.82, 2.24) is 59.1 Å². The zero-order chi connectivity index (χ0) is 34.8. The molecule has 2 atom stereocenters. The van der Waals surface area contributed by atoms with Gasteiger partial charge < -0.3 is 19.7 Å². The lowest BCUT2D eigenvalue weighted by atomic mass is 9.79. The highest BCUT2D eigenvalue weighted by molar-refractivity contribution is 5.01. The van der Waals surface area contributed by atoms with Crippen molar-refractivity contribution in [3.8, 4) is 0 Å². The van der Waals surface area contributed by atoms with Crippen molar-refractivity contribution >= 4 is 0 Å². The van der Waals surface area contributed by atoms with Crippen LogP contribution < -0.4 is 45.5 Å². The van der Waals surface area contributed by atoms with Crippen molar-refractivity contribution < 1.29 is 19.7 Å². The van der Waals surface area contributed by atoms with E-state index in [0.29, 0.717) is 9.13 Å². The van der Waals surface area contributed by atoms with E-state index in [-0.39, 0.29) is 78.0 Å². The van der Waals surface area contributed by atoms with Gasteiger partial charge in [0.05, 0.1) is 12.1 Å². The van der Waals surface area contributed by atoms with Crippen LogP contribution in [0.15, 0.2) is 38.4 Å². The van der Waals surface area contributed by atoms with E-state index >= 15 is 0 Å². The van der Waals surface area contributed by atoms with Crippen LogP contribution in [-0.4, -0.2) is 108 Å². The van der Waals surface area contributed by atoms with E-state index in [9.17, 15) is 48.6 Å². The lowest BCUT2D eigenvalue weighted by molar-refractivity contribution is -0.0876. The third kappa shape index (κ3) is 8.01. The molecule has 0 aromatic carbocycles. The van der Waals surface area contributed by atoms with E-state index < -0.39 is 69.8 Å². The van der Waals surface area contributed by atoms with Gasteiger partial charge in [-0.15, -0.1) is 0 Å². The molecule has 0 aliphatic rings. The minimum Gasteiger partial charge on any atom is -0.396 e. The zero-order valence-electron chi connectivity index (χ0n) is 25.6. The predicted octanol–water partition coefficient (Wildman–Crippen LogP) is -5.32. The van der Waals surface area contributed by atoms with Gasteiger partial charge in [0.2, 0.25) is 0 Å². The second-order valence-electron chi connectivity index (χ2n) is 10.8. The first-order valence-electron chi connectivity index (χ1n) is 15.0. The lowest BCUT2D eigenvalue weighted by Gasteiger charge is -2.42. The minimum absolute atomic E-state index is 0.0259. The molecule has 0 aliphatic carbocycles. The van der Waals surface area contributed by atoms with E-state index in [1.165, 1.54) is 0 Å². The first-order valence-corrected chi connectivity index (χ1v) is 15.0. The van der Waals surface area contributed by atoms with Gasteiger partial charge in [0.15, 0.2) is 0 Å². The van der Waals surface area contributed by atoms with Crippen LogP contribution in [0.3, 0.4) is 0 Å². The number of hydrogen-bond acceptors (Lipinski definition) is 12. The fraction of sp³-hybridized carbons (Fsp3) is 0.667. The molecule has 0 saturated heterocycles. The van der Waals surface area contributed by atoms with Crippen LogP contribution in [0.5, 0.6) is 0 Å². The Hall–Kier alpha value is -5.20. The maximum absolute atomic E-state index is 12.8. The summed E-state index contributed by atoms with van der Waals surface area (Å²) in [4.78, 5) is 98.1. The van der Waals surface area contributed by atoms with Crippen LogP contribution in [0.1, 0.15) is 50.6 Å². The van der Waals surface area contributed by atoms with Gasteiger partial charge in [-0.3, -0.25) is 0 Å². The Morgan fingerprint density at radius 1 is 0.521 bits per heavy atom. The predicted molar refractivity (Wildman–Crippen MR) is 162 cm³/mol. The minimum atomic E-state index is -2.23. The number of nitrogens with one attached hydrogen (secondary N) is 8. The summed E-state index contributed by atoms with van der Waals surface area (Å²) in [5, 5.41) is 39.4. The van der Waals surface area contributed by atoms with Crippen molar-refractivity contribution in [3.05, 3.63) is 83.9 Å². The van der Waals surface area contributed by atoms with E-state index in [0.717, 1.165) is 9.13 Å². The third-order valence-electron chi connectivity index (χ3n) is 7.89. The van der Waals surface area contributed by atoms with Crippen LogP contribution in [-0.2, 0) is 22.6 Å². The maximum atomic E-state index is 12.8. The average Bonchev–Trinajstić information content (AvgIpc) is 3.78. The SMILES string of the molecule is O=c1[nH][nH]c(=O)n1CCCOCCC(n1c(=O)[nH][nH]c1=O)C(O)(CCCO)C(CCOCCCn1c(=O)[nH][nH]c1=O)n1c(=O)[nH][nH]c1=O. The number of ether oxygens (including phenoxy) is 2. The summed E-state index contributed by atoms with van der Waals surface area (Å²) >= 11 is 0.